The topological polar surface area (TPSA) is 545 Å². The molecular weight excluding hydrogens is 1560 g/mol. The molecule has 5 aliphatic heterocycles. The molecule has 5 atom stereocenters. The highest BCUT2D eigenvalue weighted by Crippen LogP contribution is 2.52. The van der Waals surface area contributed by atoms with E-state index < -0.39 is 164 Å². The van der Waals surface area contributed by atoms with Crippen LogP contribution in [-0.4, -0.2) is 199 Å². The molecule has 0 aliphatic carbocycles. The van der Waals surface area contributed by atoms with E-state index >= 15 is 0 Å². The molecule has 0 aromatic heterocycles. The normalized spacial score (nSPS) is 23.9. The van der Waals surface area contributed by atoms with Crippen molar-refractivity contribution in [1.29, 1.82) is 0 Å². The molecule has 41 heteroatoms. The predicted molar refractivity (Wildman–Crippen MR) is 398 cm³/mol. The first kappa shape index (κ1) is 90.1. The number of amides is 8. The van der Waals surface area contributed by atoms with Crippen molar-refractivity contribution >= 4 is 138 Å². The van der Waals surface area contributed by atoms with Gasteiger partial charge < -0.3 is 55.4 Å². The van der Waals surface area contributed by atoms with Gasteiger partial charge in [-0.1, -0.05) is 50.3 Å². The van der Waals surface area contributed by atoms with Gasteiger partial charge in [-0.05, 0) is 126 Å². The number of nitrogens with one attached hydrogen (secondary N) is 4. The van der Waals surface area contributed by atoms with Crippen LogP contribution in [0.5, 0.6) is 0 Å². The number of allylic oxidation sites excluding steroid dienone is 6. The number of nitrogens with zero attached hydrogens (tertiary/aromatic N) is 4. The zero-order chi connectivity index (χ0) is 81.9. The van der Waals surface area contributed by atoms with E-state index in [9.17, 15) is 120 Å². The number of hydrogen-bond acceptors (Lipinski definition) is 22. The van der Waals surface area contributed by atoms with Crippen molar-refractivity contribution in [2.24, 2.45) is 5.92 Å². The van der Waals surface area contributed by atoms with Crippen molar-refractivity contribution in [3.63, 3.8) is 0 Å². The van der Waals surface area contributed by atoms with Crippen LogP contribution in [0, 0.1) is 5.92 Å². The lowest BCUT2D eigenvalue weighted by Crippen LogP contribution is -2.56. The molecule has 0 radical (unpaired) electrons. The highest BCUT2D eigenvalue weighted by molar-refractivity contribution is 7.86. The van der Waals surface area contributed by atoms with E-state index in [1.807, 2.05) is 34.7 Å². The van der Waals surface area contributed by atoms with Gasteiger partial charge in [0.2, 0.25) is 29.3 Å². The van der Waals surface area contributed by atoms with Crippen LogP contribution in [0.25, 0.3) is 0 Å². The van der Waals surface area contributed by atoms with Gasteiger partial charge in [0.05, 0.1) is 27.7 Å². The Kier molecular flexibility index (Phi) is 32.2. The molecule has 111 heavy (non-hydrogen) atoms. The summed E-state index contributed by atoms with van der Waals surface area (Å²) in [5.41, 5.74) is 1.45. The number of benzene rings is 2. The molecule has 2 saturated heterocycles. The number of carbonyl (C=O) groups excluding carboxylic acids is 11. The van der Waals surface area contributed by atoms with E-state index in [4.69, 9.17) is 9.68 Å². The monoisotopic (exact) mass is 1660 g/mol. The molecule has 5 aliphatic rings. The number of hydroxylamine groups is 4. The summed E-state index contributed by atoms with van der Waals surface area (Å²) in [7, 11) is -25.3. The Balaban J connectivity index is 1.24. The van der Waals surface area contributed by atoms with Crippen molar-refractivity contribution in [1.82, 2.24) is 31.4 Å². The van der Waals surface area contributed by atoms with Gasteiger partial charge in [0.1, 0.15) is 30.1 Å². The first-order valence-electron chi connectivity index (χ1n) is 36.5. The second-order valence-corrected chi connectivity index (χ2v) is 36.2. The third-order valence-corrected chi connectivity index (χ3v) is 24.0. The Hall–Kier alpha value is -8.07. The lowest BCUT2D eigenvalue weighted by molar-refractivity contribution is -0.438. The Morgan fingerprint density at radius 2 is 1.05 bits per heavy atom. The van der Waals surface area contributed by atoms with Crippen LogP contribution >= 0.6 is 15.2 Å². The fourth-order valence-corrected chi connectivity index (χ4v) is 17.3. The van der Waals surface area contributed by atoms with Gasteiger partial charge in [0.15, 0.2) is 11.5 Å². The van der Waals surface area contributed by atoms with E-state index in [1.54, 1.807) is 36.4 Å². The average molecular weight is 1660 g/mol. The first-order chi connectivity index (χ1) is 52.0. The van der Waals surface area contributed by atoms with Gasteiger partial charge in [0, 0.05) is 118 Å². The van der Waals surface area contributed by atoms with E-state index in [1.165, 1.54) is 24.3 Å². The summed E-state index contributed by atoms with van der Waals surface area (Å²) in [5.74, 6) is -16.1. The summed E-state index contributed by atoms with van der Waals surface area (Å²) in [6.45, 7) is 4.39. The van der Waals surface area contributed by atoms with Crippen LogP contribution < -0.4 is 36.8 Å². The molecule has 8 amide bonds. The quantitative estimate of drug-likeness (QED) is 0.0265. The minimum Gasteiger partial charge on any atom is -0.356 e. The molecule has 2 aromatic carbocycles. The Bertz CT molecular complexity index is 4450. The summed E-state index contributed by atoms with van der Waals surface area (Å²) in [6, 6.07) is 4.07. The zero-order valence-corrected chi connectivity index (χ0v) is 65.8. The van der Waals surface area contributed by atoms with Gasteiger partial charge >= 0.3 is 27.1 Å². The number of rotatable bonds is 22. The number of fused-ring (bicyclic) bond motifs is 6. The highest BCUT2D eigenvalue weighted by atomic mass is 32.2. The fourth-order valence-electron chi connectivity index (χ4n) is 14.1. The lowest BCUT2D eigenvalue weighted by atomic mass is 9.75. The van der Waals surface area contributed by atoms with E-state index in [-0.39, 0.29) is 120 Å². The highest BCUT2D eigenvalue weighted by Gasteiger charge is 2.49. The van der Waals surface area contributed by atoms with Gasteiger partial charge in [-0.3, -0.25) is 65.9 Å². The molecule has 7 rings (SSSR count). The van der Waals surface area contributed by atoms with Crippen LogP contribution in [0.15, 0.2) is 72.5 Å². The van der Waals surface area contributed by atoms with Gasteiger partial charge in [-0.15, -0.1) is 10.1 Å². The molecule has 0 spiro atoms. The second kappa shape index (κ2) is 39.6. The van der Waals surface area contributed by atoms with E-state index in [0.29, 0.717) is 121 Å². The Morgan fingerprint density at radius 1 is 0.541 bits per heavy atom. The fraction of sp³-hybridized carbons (Fsp3) is 0.571. The van der Waals surface area contributed by atoms with Crippen molar-refractivity contribution < 1.29 is 135 Å². The molecule has 36 nitrogen and oxygen atoms in total. The van der Waals surface area contributed by atoms with Crippen molar-refractivity contribution in [3.05, 3.63) is 83.6 Å². The minimum absolute atomic E-state index is 0.00451. The number of Topliss-reactive ketones (excluding diaryl/α,β-unsaturated/α-hetero) is 1. The van der Waals surface area contributed by atoms with Crippen LogP contribution in [-0.2, 0) is 113 Å². The predicted octanol–water partition coefficient (Wildman–Crippen LogP) is 3.28. The lowest BCUT2D eigenvalue weighted by Gasteiger charge is -2.30. The largest absolute Gasteiger partial charge is 0.356 e. The van der Waals surface area contributed by atoms with Crippen LogP contribution in [0.3, 0.4) is 0 Å². The molecular formula is C70H97N8O28P2S3+. The smallest absolute Gasteiger partial charge is 0.356 e. The zero-order valence-electron chi connectivity index (χ0n) is 61.5. The molecule has 5 heterocycles. The van der Waals surface area contributed by atoms with E-state index in [0.717, 1.165) is 0 Å². The molecule has 612 valence electrons. The first-order valence-corrected chi connectivity index (χ1v) is 44.6. The summed E-state index contributed by atoms with van der Waals surface area (Å²) >= 11 is 0. The van der Waals surface area contributed by atoms with Crippen LogP contribution in [0.2, 0.25) is 0 Å². The number of unbranched alkanes of at least 4 members (excludes halogenated alkanes) is 4. The van der Waals surface area contributed by atoms with Crippen LogP contribution in [0.1, 0.15) is 192 Å². The van der Waals surface area contributed by atoms with Gasteiger partial charge in [-0.2, -0.15) is 29.8 Å². The summed E-state index contributed by atoms with van der Waals surface area (Å²) in [6.07, 6.45) is 12.4. The number of carbonyl (C=O) groups is 11. The third-order valence-electron chi connectivity index (χ3n) is 19.7. The third kappa shape index (κ3) is 26.8. The summed E-state index contributed by atoms with van der Waals surface area (Å²) < 4.78 is 131. The van der Waals surface area contributed by atoms with Crippen molar-refractivity contribution in [2.75, 3.05) is 48.3 Å². The number of hydrogen-bond donors (Lipinski definition) is 11. The Labute approximate surface area is 642 Å². The maximum absolute atomic E-state index is 13.8. The maximum Gasteiger partial charge on any atom is 0.356 e. The SMILES string of the molecule is CC12CCCCCC(=O)NCCCCCNC(=O)C(CS(=O)(=O)O)CC(=O)C(CS(=O)(=O)O)NC(=O)C(CS(=O)(=O)O)NC(=O)CCCCCC3(C)/C(=C/C=C/C=C/C1=[N+](CCCCCC(=O)ON1C(=O)CCC1=O)c1ccc(P(=O)(O)O)cc12)N(CCCCCC(=O)ON1C(=O)CCC1=O)c1ccc(P(=O)(O)O)cc13. The van der Waals surface area contributed by atoms with Crippen LogP contribution in [0.4, 0.5) is 11.4 Å². The number of anilines is 1. The summed E-state index contributed by atoms with van der Waals surface area (Å²) in [5, 5.41) is 9.66. The molecule has 11 N–H and O–H groups in total. The van der Waals surface area contributed by atoms with Crippen molar-refractivity contribution in [2.45, 2.75) is 204 Å². The van der Waals surface area contributed by atoms with Crippen molar-refractivity contribution in [3.8, 4) is 0 Å². The van der Waals surface area contributed by atoms with E-state index in [2.05, 4.69) is 16.0 Å². The standard InChI is InChI=1S/C70H96N8O28P2S3/c1-69-35-15-4-11-23-59(80)71-37-17-8-18-38-72-67(88)47(44-109(96,97)98)41-56(79)52(45-110(99,100)101)74-68(89)53(46-111(102,103)104)73-60(81)24-12-5-16-36-70(2)51-43-49(108(93,94)95)28-30-55(51)76(40-20-7-14-26-66(87)106-78-63(84)33-34-64(78)85)58(70)22-10-3-9-21-57(69)75(54-29-27-48(42-50(54)69)107(90,91)92)39-19-6-13-25-65(86)105-77-61(82)31-32-62(77)83/h3,9-10,21-22,27-30,42-43,47,52-53H,4-8,11-20,23-26,31-41,44-46H2,1-2H3,(H10-,71,72,73,74,80,81,88,89,90,91,92,93,94,95,96,97,98,99,100,101,102,103,104)/p+1. The minimum atomic E-state index is -5.24. The molecule has 2 aromatic rings. The number of imide groups is 2. The summed E-state index contributed by atoms with van der Waals surface area (Å²) in [4.78, 5) is 196. The number of ketones is 1. The molecule has 0 saturated carbocycles. The molecule has 0 bridgehead atoms. The molecule has 2 fully saturated rings. The van der Waals surface area contributed by atoms with Gasteiger partial charge in [-0.25, -0.2) is 9.59 Å². The Morgan fingerprint density at radius 3 is 1.60 bits per heavy atom. The second-order valence-electron chi connectivity index (χ2n) is 28.5. The molecule has 5 unspecified atom stereocenters. The van der Waals surface area contributed by atoms with Gasteiger partial charge in [0.25, 0.3) is 54.0 Å². The maximum atomic E-state index is 13.8. The average Bonchev–Trinajstić information content (AvgIpc) is 1.59.